The number of rotatable bonds is 62. The summed E-state index contributed by atoms with van der Waals surface area (Å²) in [6.07, 6.45) is 88.8. The molecule has 1 atom stereocenters. The van der Waals surface area contributed by atoms with Crippen molar-refractivity contribution >= 4 is 17.9 Å². The van der Waals surface area contributed by atoms with E-state index >= 15 is 0 Å². The van der Waals surface area contributed by atoms with Crippen molar-refractivity contribution in [1.29, 1.82) is 0 Å². The standard InChI is InChI=1S/C73H128O6/c1-4-7-10-13-16-19-22-25-28-30-32-33-34-35-36-37-38-39-41-42-45-48-51-54-57-60-63-66-72(75)78-69-70(68-77-71(74)65-62-59-56-53-50-47-44-27-24-21-18-15-12-9-6-3)79-73(76)67-64-61-58-55-52-49-46-43-40-31-29-26-23-20-17-14-11-8-5-2/h8,11,17,20,22,25-26,29-30,32,34-35,40,43,70H,4-7,9-10,12-16,18-19,21,23-24,27-28,31,33,36-39,41-42,44-69H2,1-3H3/b11-8-,20-17-,25-22-,29-26-,32-30-,35-34-,43-40-. The van der Waals surface area contributed by atoms with Crippen LogP contribution in [0.25, 0.3) is 0 Å². The summed E-state index contributed by atoms with van der Waals surface area (Å²) in [5.41, 5.74) is 0. The summed E-state index contributed by atoms with van der Waals surface area (Å²) in [6, 6.07) is 0. The maximum Gasteiger partial charge on any atom is 0.306 e. The fourth-order valence-electron chi connectivity index (χ4n) is 9.80. The van der Waals surface area contributed by atoms with Gasteiger partial charge in [-0.2, -0.15) is 0 Å². The molecule has 0 bridgehead atoms. The Morgan fingerprint density at radius 2 is 0.494 bits per heavy atom. The minimum absolute atomic E-state index is 0.0796. The van der Waals surface area contributed by atoms with Crippen molar-refractivity contribution in [2.24, 2.45) is 0 Å². The molecule has 0 saturated carbocycles. The van der Waals surface area contributed by atoms with Gasteiger partial charge >= 0.3 is 17.9 Å². The zero-order valence-corrected chi connectivity index (χ0v) is 52.4. The monoisotopic (exact) mass is 1100 g/mol. The molecule has 6 nitrogen and oxygen atoms in total. The number of unbranched alkanes of at least 4 members (excludes halogenated alkanes) is 37. The predicted octanol–water partition coefficient (Wildman–Crippen LogP) is 23.4. The van der Waals surface area contributed by atoms with E-state index in [4.69, 9.17) is 14.2 Å². The van der Waals surface area contributed by atoms with Gasteiger partial charge in [0.1, 0.15) is 13.2 Å². The third-order valence-electron chi connectivity index (χ3n) is 14.9. The van der Waals surface area contributed by atoms with E-state index in [1.807, 2.05) is 0 Å². The van der Waals surface area contributed by atoms with Gasteiger partial charge in [-0.15, -0.1) is 0 Å². The van der Waals surface area contributed by atoms with Gasteiger partial charge in [0, 0.05) is 19.3 Å². The van der Waals surface area contributed by atoms with E-state index in [1.165, 1.54) is 193 Å². The molecule has 0 aromatic rings. The van der Waals surface area contributed by atoms with E-state index in [1.54, 1.807) is 0 Å². The van der Waals surface area contributed by atoms with Crippen LogP contribution in [0.1, 0.15) is 342 Å². The first kappa shape index (κ1) is 75.6. The van der Waals surface area contributed by atoms with Crippen LogP contribution in [0.3, 0.4) is 0 Å². The minimum atomic E-state index is -0.785. The summed E-state index contributed by atoms with van der Waals surface area (Å²) in [7, 11) is 0. The van der Waals surface area contributed by atoms with Crippen LogP contribution < -0.4 is 0 Å². The highest BCUT2D eigenvalue weighted by Crippen LogP contribution is 2.17. The van der Waals surface area contributed by atoms with Gasteiger partial charge in [0.2, 0.25) is 0 Å². The van der Waals surface area contributed by atoms with E-state index < -0.39 is 6.10 Å². The molecule has 0 amide bonds. The molecule has 0 saturated heterocycles. The highest BCUT2D eigenvalue weighted by molar-refractivity contribution is 5.71. The van der Waals surface area contributed by atoms with Gasteiger partial charge in [0.05, 0.1) is 0 Å². The second-order valence-corrected chi connectivity index (χ2v) is 22.7. The van der Waals surface area contributed by atoms with Crippen molar-refractivity contribution in [2.75, 3.05) is 13.2 Å². The molecule has 0 heterocycles. The second-order valence-electron chi connectivity index (χ2n) is 22.7. The third kappa shape index (κ3) is 65.3. The van der Waals surface area contributed by atoms with Crippen LogP contribution in [0.5, 0.6) is 0 Å². The highest BCUT2D eigenvalue weighted by atomic mass is 16.6. The fourth-order valence-corrected chi connectivity index (χ4v) is 9.80. The Hall–Kier alpha value is -3.41. The molecule has 1 unspecified atom stereocenters. The fraction of sp³-hybridized carbons (Fsp3) is 0.767. The molecular weight excluding hydrogens is 973 g/mol. The summed E-state index contributed by atoms with van der Waals surface area (Å²) < 4.78 is 17.0. The normalized spacial score (nSPS) is 12.6. The average molecular weight is 1100 g/mol. The molecule has 0 N–H and O–H groups in total. The Morgan fingerprint density at radius 1 is 0.266 bits per heavy atom. The largest absolute Gasteiger partial charge is 0.462 e. The smallest absolute Gasteiger partial charge is 0.306 e. The molecule has 6 heteroatoms. The Bertz CT molecular complexity index is 1500. The van der Waals surface area contributed by atoms with E-state index in [0.717, 1.165) is 109 Å². The lowest BCUT2D eigenvalue weighted by Crippen LogP contribution is -2.30. The summed E-state index contributed by atoms with van der Waals surface area (Å²) in [6.45, 7) is 6.55. The van der Waals surface area contributed by atoms with Gasteiger partial charge in [-0.3, -0.25) is 14.4 Å². The average Bonchev–Trinajstić information content (AvgIpc) is 3.45. The molecule has 0 radical (unpaired) electrons. The number of hydrogen-bond acceptors (Lipinski definition) is 6. The van der Waals surface area contributed by atoms with E-state index in [-0.39, 0.29) is 31.1 Å². The molecule has 0 rings (SSSR count). The molecule has 0 aliphatic rings. The number of allylic oxidation sites excluding steroid dienone is 14. The molecular formula is C73H128O6. The first-order valence-corrected chi connectivity index (χ1v) is 34.1. The molecule has 0 aromatic carbocycles. The minimum Gasteiger partial charge on any atom is -0.462 e. The molecule has 456 valence electrons. The molecule has 0 spiro atoms. The SMILES string of the molecule is CC/C=C\C/C=C\C/C=C\C/C=C\CCCCCCCCC(=O)OC(COC(=O)CCCCCCCCCCCCCC/C=C\C/C=C\C/C=C\CCCCCCC)COC(=O)CCCCCCCCCCCCCCCCC. The second kappa shape index (κ2) is 67.1. The topological polar surface area (TPSA) is 78.9 Å². The van der Waals surface area contributed by atoms with Gasteiger partial charge in [-0.1, -0.05) is 311 Å². The van der Waals surface area contributed by atoms with Gasteiger partial charge in [-0.25, -0.2) is 0 Å². The Kier molecular flexibility index (Phi) is 64.2. The lowest BCUT2D eigenvalue weighted by molar-refractivity contribution is -0.167. The molecule has 0 aliphatic heterocycles. The summed E-state index contributed by atoms with van der Waals surface area (Å²) >= 11 is 0. The van der Waals surface area contributed by atoms with Crippen LogP contribution in [-0.2, 0) is 28.6 Å². The quantitative estimate of drug-likeness (QED) is 0.0261. The zero-order chi connectivity index (χ0) is 57.1. The molecule has 0 fully saturated rings. The summed E-state index contributed by atoms with van der Waals surface area (Å²) in [5, 5.41) is 0. The number of ether oxygens (including phenoxy) is 3. The third-order valence-corrected chi connectivity index (χ3v) is 14.9. The van der Waals surface area contributed by atoms with Crippen molar-refractivity contribution < 1.29 is 28.6 Å². The lowest BCUT2D eigenvalue weighted by Gasteiger charge is -2.18. The lowest BCUT2D eigenvalue weighted by atomic mass is 10.0. The van der Waals surface area contributed by atoms with Crippen LogP contribution in [0.4, 0.5) is 0 Å². The van der Waals surface area contributed by atoms with Crippen molar-refractivity contribution in [3.05, 3.63) is 85.1 Å². The maximum absolute atomic E-state index is 12.9. The van der Waals surface area contributed by atoms with Gasteiger partial charge in [0.25, 0.3) is 0 Å². The molecule has 0 aliphatic carbocycles. The number of esters is 3. The van der Waals surface area contributed by atoms with Crippen molar-refractivity contribution in [1.82, 2.24) is 0 Å². The van der Waals surface area contributed by atoms with E-state index in [9.17, 15) is 14.4 Å². The van der Waals surface area contributed by atoms with Crippen LogP contribution in [0.15, 0.2) is 85.1 Å². The van der Waals surface area contributed by atoms with E-state index in [2.05, 4.69) is 106 Å². The molecule has 79 heavy (non-hydrogen) atoms. The van der Waals surface area contributed by atoms with Crippen LogP contribution in [0.2, 0.25) is 0 Å². The Morgan fingerprint density at radius 3 is 0.772 bits per heavy atom. The van der Waals surface area contributed by atoms with Gasteiger partial charge < -0.3 is 14.2 Å². The molecule has 0 aromatic heterocycles. The van der Waals surface area contributed by atoms with Crippen molar-refractivity contribution in [3.63, 3.8) is 0 Å². The predicted molar refractivity (Wildman–Crippen MR) is 344 cm³/mol. The van der Waals surface area contributed by atoms with Crippen LogP contribution in [-0.4, -0.2) is 37.2 Å². The maximum atomic E-state index is 12.9. The highest BCUT2D eigenvalue weighted by Gasteiger charge is 2.19. The Labute approximate surface area is 490 Å². The number of carbonyl (C=O) groups excluding carboxylic acids is 3. The summed E-state index contributed by atoms with van der Waals surface area (Å²) in [5.74, 6) is -0.878. The summed E-state index contributed by atoms with van der Waals surface area (Å²) in [4.78, 5) is 38.4. The van der Waals surface area contributed by atoms with Crippen molar-refractivity contribution in [3.8, 4) is 0 Å². The number of hydrogen-bond donors (Lipinski definition) is 0. The zero-order valence-electron chi connectivity index (χ0n) is 52.4. The Balaban J connectivity index is 4.32. The van der Waals surface area contributed by atoms with Crippen molar-refractivity contribution in [2.45, 2.75) is 348 Å². The van der Waals surface area contributed by atoms with Crippen LogP contribution in [0, 0.1) is 0 Å². The van der Waals surface area contributed by atoms with Crippen LogP contribution >= 0.6 is 0 Å². The van der Waals surface area contributed by atoms with E-state index in [0.29, 0.717) is 19.3 Å². The van der Waals surface area contributed by atoms with Gasteiger partial charge in [-0.05, 0) is 96.3 Å². The number of carbonyl (C=O) groups is 3. The van der Waals surface area contributed by atoms with Gasteiger partial charge in [0.15, 0.2) is 6.10 Å². The first-order chi connectivity index (χ1) is 39.0. The first-order valence-electron chi connectivity index (χ1n) is 34.1.